The number of nitrogens with zero attached hydrogens (tertiary/aromatic N) is 2. The average molecular weight is 361 g/mol. The molecule has 1 saturated carbocycles. The number of thiocarbonyl (C=S) groups is 1. The maximum atomic E-state index is 12.6. The van der Waals surface area contributed by atoms with Crippen LogP contribution >= 0.6 is 12.2 Å². The molecule has 0 bridgehead atoms. The first-order valence-corrected chi connectivity index (χ1v) is 8.56. The Labute approximate surface area is 150 Å². The van der Waals surface area contributed by atoms with Crippen LogP contribution in [0, 0.1) is 10.1 Å². The van der Waals surface area contributed by atoms with Crippen LogP contribution in [-0.2, 0) is 9.53 Å². The van der Waals surface area contributed by atoms with Gasteiger partial charge in [0.2, 0.25) is 0 Å². The lowest BCUT2D eigenvalue weighted by atomic mass is 9.94. The molecule has 132 valence electrons. The van der Waals surface area contributed by atoms with Crippen LogP contribution in [0.5, 0.6) is 0 Å². The Morgan fingerprint density at radius 3 is 2.56 bits per heavy atom. The molecule has 0 radical (unpaired) electrons. The molecule has 1 aromatic carbocycles. The second-order valence-electron chi connectivity index (χ2n) is 6.05. The molecule has 1 aliphatic carbocycles. The maximum absolute atomic E-state index is 12.6. The number of esters is 1. The molecular formula is C17H19N3O4S. The molecule has 3 rings (SSSR count). The van der Waals surface area contributed by atoms with E-state index in [0.29, 0.717) is 16.7 Å². The van der Waals surface area contributed by atoms with E-state index >= 15 is 0 Å². The van der Waals surface area contributed by atoms with E-state index in [2.05, 4.69) is 5.32 Å². The van der Waals surface area contributed by atoms with E-state index in [9.17, 15) is 14.9 Å². The van der Waals surface area contributed by atoms with Crippen LogP contribution in [0.15, 0.2) is 35.5 Å². The second kappa shape index (κ2) is 6.79. The van der Waals surface area contributed by atoms with Crippen molar-refractivity contribution in [3.63, 3.8) is 0 Å². The van der Waals surface area contributed by atoms with Crippen LogP contribution in [0.3, 0.4) is 0 Å². The Hall–Kier alpha value is -2.48. The second-order valence-corrected chi connectivity index (χ2v) is 6.44. The number of nitro benzene ring substituents is 1. The Balaban J connectivity index is 2.02. The van der Waals surface area contributed by atoms with Crippen LogP contribution in [0.4, 0.5) is 5.69 Å². The van der Waals surface area contributed by atoms with Crippen molar-refractivity contribution in [1.29, 1.82) is 0 Å². The molecule has 1 atom stereocenters. The van der Waals surface area contributed by atoms with E-state index < -0.39 is 16.9 Å². The lowest BCUT2D eigenvalue weighted by molar-refractivity contribution is -0.384. The molecule has 1 aromatic rings. The zero-order chi connectivity index (χ0) is 18.1. The topological polar surface area (TPSA) is 84.7 Å². The number of carbonyl (C=O) groups excluding carboxylic acids is 1. The van der Waals surface area contributed by atoms with Crippen molar-refractivity contribution < 1.29 is 14.5 Å². The van der Waals surface area contributed by atoms with Crippen molar-refractivity contribution in [1.82, 2.24) is 10.2 Å². The van der Waals surface area contributed by atoms with Gasteiger partial charge < -0.3 is 15.0 Å². The van der Waals surface area contributed by atoms with E-state index in [1.165, 1.54) is 12.1 Å². The third kappa shape index (κ3) is 3.34. The number of non-ortho nitro benzene ring substituents is 1. The molecule has 25 heavy (non-hydrogen) atoms. The van der Waals surface area contributed by atoms with Crippen LogP contribution < -0.4 is 5.32 Å². The summed E-state index contributed by atoms with van der Waals surface area (Å²) < 4.78 is 5.23. The minimum atomic E-state index is -0.484. The lowest BCUT2D eigenvalue weighted by Gasteiger charge is -2.37. The lowest BCUT2D eigenvalue weighted by Crippen LogP contribution is -2.48. The number of nitro groups is 1. The number of rotatable bonds is 5. The predicted octanol–water partition coefficient (Wildman–Crippen LogP) is 2.83. The van der Waals surface area contributed by atoms with E-state index in [4.69, 9.17) is 17.0 Å². The quantitative estimate of drug-likeness (QED) is 0.373. The summed E-state index contributed by atoms with van der Waals surface area (Å²) >= 11 is 5.49. The Bertz CT molecular complexity index is 756. The van der Waals surface area contributed by atoms with Crippen molar-refractivity contribution in [3.8, 4) is 0 Å². The molecule has 0 spiro atoms. The number of hydrogen-bond acceptors (Lipinski definition) is 5. The Morgan fingerprint density at radius 1 is 1.40 bits per heavy atom. The van der Waals surface area contributed by atoms with Crippen LogP contribution in [0.1, 0.15) is 38.3 Å². The fourth-order valence-corrected chi connectivity index (χ4v) is 3.45. The minimum Gasteiger partial charge on any atom is -0.463 e. The smallest absolute Gasteiger partial charge is 0.338 e. The summed E-state index contributed by atoms with van der Waals surface area (Å²) in [5.74, 6) is -0.399. The molecule has 2 aliphatic rings. The summed E-state index contributed by atoms with van der Waals surface area (Å²) in [5.41, 5.74) is 2.01. The first-order chi connectivity index (χ1) is 11.9. The summed E-state index contributed by atoms with van der Waals surface area (Å²) in [7, 11) is 0. The maximum Gasteiger partial charge on any atom is 0.338 e. The Kier molecular flexibility index (Phi) is 4.71. The van der Waals surface area contributed by atoms with Gasteiger partial charge in [-0.25, -0.2) is 4.79 Å². The molecule has 0 unspecified atom stereocenters. The number of benzene rings is 1. The third-order valence-corrected chi connectivity index (χ3v) is 4.69. The fourth-order valence-electron chi connectivity index (χ4n) is 3.04. The number of hydrogen-bond donors (Lipinski definition) is 1. The molecule has 1 aliphatic heterocycles. The fraction of sp³-hybridized carbons (Fsp3) is 0.412. The van der Waals surface area contributed by atoms with Gasteiger partial charge in [-0.1, -0.05) is 0 Å². The first-order valence-electron chi connectivity index (χ1n) is 8.16. The summed E-state index contributed by atoms with van der Waals surface area (Å²) in [6, 6.07) is 5.95. The van der Waals surface area contributed by atoms with Gasteiger partial charge >= 0.3 is 5.97 Å². The average Bonchev–Trinajstić information content (AvgIpc) is 3.39. The number of carbonyl (C=O) groups is 1. The highest BCUT2D eigenvalue weighted by Gasteiger charge is 2.40. The highest BCUT2D eigenvalue weighted by atomic mass is 32.1. The van der Waals surface area contributed by atoms with Gasteiger partial charge in [0.25, 0.3) is 5.69 Å². The van der Waals surface area contributed by atoms with Gasteiger partial charge in [-0.2, -0.15) is 0 Å². The van der Waals surface area contributed by atoms with Gasteiger partial charge in [-0.15, -0.1) is 0 Å². The van der Waals surface area contributed by atoms with Gasteiger partial charge in [-0.3, -0.25) is 10.1 Å². The van der Waals surface area contributed by atoms with E-state index in [-0.39, 0.29) is 12.3 Å². The zero-order valence-electron chi connectivity index (χ0n) is 14.0. The zero-order valence-corrected chi connectivity index (χ0v) is 14.8. The first kappa shape index (κ1) is 17.3. The van der Waals surface area contributed by atoms with Crippen LogP contribution in [0.2, 0.25) is 0 Å². The van der Waals surface area contributed by atoms with Crippen molar-refractivity contribution in [2.45, 2.75) is 38.8 Å². The predicted molar refractivity (Wildman–Crippen MR) is 95.8 cm³/mol. The van der Waals surface area contributed by atoms with E-state index in [1.807, 2.05) is 11.8 Å². The summed E-state index contributed by atoms with van der Waals surface area (Å²) in [6.07, 6.45) is 2.08. The van der Waals surface area contributed by atoms with Crippen molar-refractivity contribution in [3.05, 3.63) is 51.2 Å². The number of nitrogens with one attached hydrogen (secondary N) is 1. The highest BCUT2D eigenvalue weighted by Crippen LogP contribution is 2.38. The van der Waals surface area contributed by atoms with Crippen molar-refractivity contribution in [2.24, 2.45) is 0 Å². The van der Waals surface area contributed by atoms with E-state index in [0.717, 1.165) is 24.1 Å². The van der Waals surface area contributed by atoms with Gasteiger partial charge in [0, 0.05) is 23.9 Å². The molecule has 8 heteroatoms. The monoisotopic (exact) mass is 361 g/mol. The molecule has 0 amide bonds. The van der Waals surface area contributed by atoms with E-state index in [1.54, 1.807) is 19.1 Å². The highest BCUT2D eigenvalue weighted by molar-refractivity contribution is 7.80. The largest absolute Gasteiger partial charge is 0.463 e. The number of allylic oxidation sites excluding steroid dienone is 1. The van der Waals surface area contributed by atoms with Crippen molar-refractivity contribution in [2.75, 3.05) is 6.61 Å². The molecule has 0 aromatic heterocycles. The SMILES string of the molecule is CCOC(=O)C1=C(C)N(C2CC2)C(=S)N[C@@H]1c1ccc([N+](=O)[O-])cc1. The standard InChI is InChI=1S/C17H19N3O4S/c1-3-24-16(21)14-10(2)19(12-8-9-12)17(25)18-15(14)11-4-6-13(7-5-11)20(22)23/h4-7,12,15H,3,8-9H2,1-2H3,(H,18,25)/t15-/m1/s1. The van der Waals surface area contributed by atoms with Gasteiger partial charge in [0.15, 0.2) is 5.11 Å². The molecule has 1 N–H and O–H groups in total. The molecule has 1 fully saturated rings. The van der Waals surface area contributed by atoms with Crippen LogP contribution in [-0.4, -0.2) is 33.6 Å². The Morgan fingerprint density at radius 2 is 2.04 bits per heavy atom. The normalized spacial score (nSPS) is 20.3. The summed E-state index contributed by atoms with van der Waals surface area (Å²) in [6.45, 7) is 3.90. The van der Waals surface area contributed by atoms with Gasteiger partial charge in [0.1, 0.15) is 0 Å². The minimum absolute atomic E-state index is 0.000120. The summed E-state index contributed by atoms with van der Waals surface area (Å²) in [5, 5.41) is 14.6. The molecule has 1 heterocycles. The molecule has 7 nitrogen and oxygen atoms in total. The van der Waals surface area contributed by atoms with Gasteiger partial charge in [-0.05, 0) is 56.6 Å². The third-order valence-electron chi connectivity index (χ3n) is 4.37. The summed E-state index contributed by atoms with van der Waals surface area (Å²) in [4.78, 5) is 24.9. The van der Waals surface area contributed by atoms with Gasteiger partial charge in [0.05, 0.1) is 23.1 Å². The molecule has 0 saturated heterocycles. The van der Waals surface area contributed by atoms with Crippen LogP contribution in [0.25, 0.3) is 0 Å². The van der Waals surface area contributed by atoms with Crippen molar-refractivity contribution >= 4 is 29.0 Å². The number of ether oxygens (including phenoxy) is 1. The molecular weight excluding hydrogens is 342 g/mol.